The maximum absolute atomic E-state index is 13.5. The van der Waals surface area contributed by atoms with Crippen LogP contribution in [0.5, 0.6) is 5.75 Å². The molecule has 0 saturated heterocycles. The maximum atomic E-state index is 13.5. The molecule has 1 atom stereocenters. The van der Waals surface area contributed by atoms with Crippen molar-refractivity contribution >= 4 is 28.3 Å². The highest BCUT2D eigenvalue weighted by Crippen LogP contribution is 2.40. The number of benzene rings is 2. The van der Waals surface area contributed by atoms with Crippen LogP contribution in [0.2, 0.25) is 0 Å². The summed E-state index contributed by atoms with van der Waals surface area (Å²) in [5.41, 5.74) is 0.207. The lowest BCUT2D eigenvalue weighted by atomic mass is 9.94. The van der Waals surface area contributed by atoms with E-state index in [1.54, 1.807) is 24.3 Å². The van der Waals surface area contributed by atoms with Gasteiger partial charge in [-0.15, -0.1) is 0 Å². The highest BCUT2D eigenvalue weighted by atomic mass is 16.6. The number of nitro benzene ring substituents is 1. The minimum atomic E-state index is -1.06. The largest absolute Gasteiger partial charge is 0.503 e. The van der Waals surface area contributed by atoms with Gasteiger partial charge in [-0.1, -0.05) is 24.3 Å². The van der Waals surface area contributed by atoms with Gasteiger partial charge >= 0.3 is 0 Å². The van der Waals surface area contributed by atoms with Crippen LogP contribution in [0.25, 0.3) is 11.0 Å². The SMILES string of the molecule is COCCN1C(=O)C(O)=C(C(=O)c2cc3cccc(OC)c3o2)C1c1cccc([N+](=O)[O-])c1. The molecule has 1 aromatic heterocycles. The number of para-hydroxylation sites is 1. The van der Waals surface area contributed by atoms with Gasteiger partial charge in [-0.25, -0.2) is 0 Å². The van der Waals surface area contributed by atoms with E-state index in [2.05, 4.69) is 0 Å². The molecule has 3 aromatic rings. The molecule has 0 radical (unpaired) electrons. The summed E-state index contributed by atoms with van der Waals surface area (Å²) in [6.45, 7) is 0.186. The first-order valence-electron chi connectivity index (χ1n) is 9.96. The molecular weight excluding hydrogens is 432 g/mol. The van der Waals surface area contributed by atoms with Crippen LogP contribution in [0, 0.1) is 10.1 Å². The van der Waals surface area contributed by atoms with Crippen LogP contribution < -0.4 is 4.74 Å². The van der Waals surface area contributed by atoms with Gasteiger partial charge < -0.3 is 23.9 Å². The Morgan fingerprint density at radius 3 is 2.67 bits per heavy atom. The highest BCUT2D eigenvalue weighted by Gasteiger charge is 2.44. The van der Waals surface area contributed by atoms with Gasteiger partial charge in [-0.05, 0) is 17.7 Å². The lowest BCUT2D eigenvalue weighted by molar-refractivity contribution is -0.384. The third-order valence-electron chi connectivity index (χ3n) is 5.43. The van der Waals surface area contributed by atoms with E-state index < -0.39 is 28.4 Å². The number of aliphatic hydroxyl groups excluding tert-OH is 1. The van der Waals surface area contributed by atoms with Gasteiger partial charge in [0.25, 0.3) is 11.6 Å². The van der Waals surface area contributed by atoms with Gasteiger partial charge in [-0.3, -0.25) is 19.7 Å². The number of ether oxygens (including phenoxy) is 2. The zero-order chi connectivity index (χ0) is 23.7. The number of methoxy groups -OCH3 is 2. The van der Waals surface area contributed by atoms with Crippen molar-refractivity contribution < 1.29 is 33.5 Å². The zero-order valence-corrected chi connectivity index (χ0v) is 17.8. The monoisotopic (exact) mass is 452 g/mol. The number of rotatable bonds is 8. The summed E-state index contributed by atoms with van der Waals surface area (Å²) in [5, 5.41) is 22.6. The predicted molar refractivity (Wildman–Crippen MR) is 116 cm³/mol. The molecule has 1 aliphatic heterocycles. The molecule has 0 bridgehead atoms. The molecule has 2 aromatic carbocycles. The second-order valence-corrected chi connectivity index (χ2v) is 7.33. The van der Waals surface area contributed by atoms with Crippen molar-refractivity contribution in [3.63, 3.8) is 0 Å². The first-order valence-corrected chi connectivity index (χ1v) is 9.96. The van der Waals surface area contributed by atoms with Crippen LogP contribution in [0.3, 0.4) is 0 Å². The Bertz CT molecular complexity index is 1290. The third-order valence-corrected chi connectivity index (χ3v) is 5.43. The summed E-state index contributed by atoms with van der Waals surface area (Å²) in [6.07, 6.45) is 0. The van der Waals surface area contributed by atoms with E-state index in [9.17, 15) is 24.8 Å². The average molecular weight is 452 g/mol. The molecule has 1 aliphatic rings. The van der Waals surface area contributed by atoms with E-state index in [0.29, 0.717) is 22.3 Å². The summed E-state index contributed by atoms with van der Waals surface area (Å²) in [7, 11) is 2.92. The zero-order valence-electron chi connectivity index (χ0n) is 17.8. The van der Waals surface area contributed by atoms with Crippen molar-refractivity contribution in [1.82, 2.24) is 4.90 Å². The van der Waals surface area contributed by atoms with Crippen molar-refractivity contribution in [2.45, 2.75) is 6.04 Å². The first kappa shape index (κ1) is 22.0. The molecule has 1 unspecified atom stereocenters. The van der Waals surface area contributed by atoms with Gasteiger partial charge in [-0.2, -0.15) is 0 Å². The number of furan rings is 1. The van der Waals surface area contributed by atoms with Crippen molar-refractivity contribution in [2.75, 3.05) is 27.4 Å². The molecule has 2 heterocycles. The standard InChI is InChI=1S/C23H20N2O8/c1-31-10-9-24-19(13-5-3-7-15(11-13)25(29)30)18(21(27)23(24)28)20(26)17-12-14-6-4-8-16(32-2)22(14)33-17/h3-8,11-12,19,27H,9-10H2,1-2H3. The van der Waals surface area contributed by atoms with Gasteiger partial charge in [0.1, 0.15) is 0 Å². The number of carbonyl (C=O) groups is 2. The van der Waals surface area contributed by atoms with E-state index in [0.717, 1.165) is 0 Å². The molecular formula is C23H20N2O8. The van der Waals surface area contributed by atoms with Crippen LogP contribution in [0.1, 0.15) is 22.2 Å². The molecule has 33 heavy (non-hydrogen) atoms. The molecule has 1 amide bonds. The molecule has 0 fully saturated rings. The molecule has 0 saturated carbocycles. The minimum absolute atomic E-state index is 0.0531. The highest BCUT2D eigenvalue weighted by molar-refractivity contribution is 6.16. The molecule has 1 N–H and O–H groups in total. The second-order valence-electron chi connectivity index (χ2n) is 7.33. The second kappa shape index (κ2) is 8.75. The molecule has 170 valence electrons. The number of hydrogen-bond donors (Lipinski definition) is 1. The molecule has 10 heteroatoms. The summed E-state index contributed by atoms with van der Waals surface area (Å²) in [5.74, 6) is -1.91. The number of amides is 1. The fourth-order valence-electron chi connectivity index (χ4n) is 3.90. The number of ketones is 1. The van der Waals surface area contributed by atoms with Crippen molar-refractivity contribution in [2.24, 2.45) is 0 Å². The number of nitro groups is 1. The molecule has 0 aliphatic carbocycles. The molecule has 0 spiro atoms. The number of Topliss-reactive ketones (excluding diaryl/α,β-unsaturated/α-hetero) is 1. The minimum Gasteiger partial charge on any atom is -0.503 e. The van der Waals surface area contributed by atoms with Crippen LogP contribution in [-0.4, -0.2) is 54.0 Å². The lowest BCUT2D eigenvalue weighted by Crippen LogP contribution is -2.34. The van der Waals surface area contributed by atoms with Gasteiger partial charge in [0.2, 0.25) is 5.78 Å². The van der Waals surface area contributed by atoms with E-state index in [1.165, 1.54) is 43.4 Å². The van der Waals surface area contributed by atoms with Crippen LogP contribution in [0.15, 0.2) is 64.3 Å². The Hall–Kier alpha value is -4.18. The molecule has 10 nitrogen and oxygen atoms in total. The third kappa shape index (κ3) is 3.80. The number of aliphatic hydroxyl groups is 1. The number of fused-ring (bicyclic) bond motifs is 1. The Balaban J connectivity index is 1.83. The predicted octanol–water partition coefficient (Wildman–Crippen LogP) is 3.57. The number of non-ortho nitro benzene ring substituents is 1. The average Bonchev–Trinajstić information content (AvgIpc) is 3.36. The fourth-order valence-corrected chi connectivity index (χ4v) is 3.90. The normalized spacial score (nSPS) is 16.0. The van der Waals surface area contributed by atoms with Gasteiger partial charge in [0.15, 0.2) is 22.9 Å². The smallest absolute Gasteiger partial charge is 0.290 e. The van der Waals surface area contributed by atoms with Gasteiger partial charge in [0, 0.05) is 31.2 Å². The van der Waals surface area contributed by atoms with E-state index >= 15 is 0 Å². The fraction of sp³-hybridized carbons (Fsp3) is 0.217. The Kier molecular flexibility index (Phi) is 5.84. The van der Waals surface area contributed by atoms with Crippen LogP contribution in [0.4, 0.5) is 5.69 Å². The van der Waals surface area contributed by atoms with Gasteiger partial charge in [0.05, 0.1) is 30.3 Å². The topological polar surface area (TPSA) is 132 Å². The summed E-state index contributed by atoms with van der Waals surface area (Å²) < 4.78 is 16.1. The number of hydrogen-bond acceptors (Lipinski definition) is 8. The Morgan fingerprint density at radius 1 is 1.21 bits per heavy atom. The van der Waals surface area contributed by atoms with Crippen molar-refractivity contribution in [1.29, 1.82) is 0 Å². The van der Waals surface area contributed by atoms with Crippen LogP contribution >= 0.6 is 0 Å². The maximum Gasteiger partial charge on any atom is 0.290 e. The summed E-state index contributed by atoms with van der Waals surface area (Å²) >= 11 is 0. The van der Waals surface area contributed by atoms with E-state index in [-0.39, 0.29) is 30.2 Å². The van der Waals surface area contributed by atoms with E-state index in [4.69, 9.17) is 13.9 Å². The quantitative estimate of drug-likeness (QED) is 0.312. The summed E-state index contributed by atoms with van der Waals surface area (Å²) in [4.78, 5) is 38.3. The lowest BCUT2D eigenvalue weighted by Gasteiger charge is -2.26. The summed E-state index contributed by atoms with van der Waals surface area (Å²) in [6, 6.07) is 11.2. The van der Waals surface area contributed by atoms with Crippen LogP contribution in [-0.2, 0) is 9.53 Å². The Morgan fingerprint density at radius 2 is 1.97 bits per heavy atom. The van der Waals surface area contributed by atoms with E-state index in [1.807, 2.05) is 0 Å². The number of nitrogens with zero attached hydrogens (tertiary/aromatic N) is 2. The number of carbonyl (C=O) groups excluding carboxylic acids is 2. The van der Waals surface area contributed by atoms with Crippen molar-refractivity contribution in [3.05, 3.63) is 81.3 Å². The van der Waals surface area contributed by atoms with Crippen molar-refractivity contribution in [3.8, 4) is 5.75 Å². The Labute approximate surface area is 187 Å². The first-order chi connectivity index (χ1) is 15.9. The molecule has 4 rings (SSSR count).